The Morgan fingerprint density at radius 2 is 1.62 bits per heavy atom. The van der Waals surface area contributed by atoms with E-state index in [1.54, 1.807) is 4.57 Å². The van der Waals surface area contributed by atoms with Gasteiger partial charge in [-0.2, -0.15) is 0 Å². The van der Waals surface area contributed by atoms with Gasteiger partial charge in [-0.05, 0) is 63.7 Å². The van der Waals surface area contributed by atoms with Crippen LogP contribution in [0.1, 0.15) is 75.6 Å². The van der Waals surface area contributed by atoms with Crippen LogP contribution in [0.15, 0.2) is 39.9 Å². The molecule has 3 aromatic rings. The largest absolute Gasteiger partial charge is 0.332 e. The third-order valence-electron chi connectivity index (χ3n) is 7.55. The van der Waals surface area contributed by atoms with Crippen LogP contribution in [-0.2, 0) is 19.6 Å². The summed E-state index contributed by atoms with van der Waals surface area (Å²) in [4.78, 5) is 34.7. The van der Waals surface area contributed by atoms with Crippen LogP contribution in [-0.4, -0.2) is 43.2 Å². The molecule has 0 atom stereocenters. The third-order valence-corrected chi connectivity index (χ3v) is 7.55. The van der Waals surface area contributed by atoms with Crippen molar-refractivity contribution in [2.24, 2.45) is 0 Å². The van der Waals surface area contributed by atoms with Crippen molar-refractivity contribution in [2.75, 3.05) is 19.6 Å². The Kier molecular flexibility index (Phi) is 6.99. The Morgan fingerprint density at radius 1 is 0.882 bits per heavy atom. The predicted molar refractivity (Wildman–Crippen MR) is 136 cm³/mol. The minimum Gasteiger partial charge on any atom is -0.317 e. The number of fused-ring (bicyclic) bond motifs is 1. The first-order valence-electron chi connectivity index (χ1n) is 13.2. The van der Waals surface area contributed by atoms with E-state index in [0.29, 0.717) is 36.7 Å². The van der Waals surface area contributed by atoms with Crippen LogP contribution in [0.25, 0.3) is 11.2 Å². The second kappa shape index (κ2) is 10.3. The molecule has 0 N–H and O–H groups in total. The molecule has 1 saturated heterocycles. The molecule has 182 valence electrons. The highest BCUT2D eigenvalue weighted by Crippen LogP contribution is 2.35. The van der Waals surface area contributed by atoms with Crippen LogP contribution in [0.4, 0.5) is 0 Å². The summed E-state index contributed by atoms with van der Waals surface area (Å²) >= 11 is 0. The maximum absolute atomic E-state index is 13.7. The van der Waals surface area contributed by atoms with Crippen molar-refractivity contribution >= 4 is 11.2 Å². The van der Waals surface area contributed by atoms with E-state index in [4.69, 9.17) is 4.98 Å². The minimum atomic E-state index is -0.205. The monoisotopic (exact) mass is 463 g/mol. The van der Waals surface area contributed by atoms with Gasteiger partial charge in [0.15, 0.2) is 11.2 Å². The number of hydrogen-bond donors (Lipinski definition) is 0. The zero-order valence-corrected chi connectivity index (χ0v) is 20.4. The van der Waals surface area contributed by atoms with Gasteiger partial charge in [0.25, 0.3) is 5.56 Å². The van der Waals surface area contributed by atoms with Crippen molar-refractivity contribution in [1.82, 2.24) is 23.6 Å². The lowest BCUT2D eigenvalue weighted by Crippen LogP contribution is -2.41. The molecule has 0 unspecified atom stereocenters. The molecule has 3 heterocycles. The van der Waals surface area contributed by atoms with E-state index in [0.717, 1.165) is 56.7 Å². The highest BCUT2D eigenvalue weighted by atomic mass is 16.2. The third kappa shape index (κ3) is 4.50. The molecule has 7 heteroatoms. The number of nitrogens with zero attached hydrogens (tertiary/aromatic N) is 5. The topological polar surface area (TPSA) is 65.1 Å². The molecule has 1 saturated carbocycles. The number of likely N-dealkylation sites (tertiary alicyclic amines) is 1. The van der Waals surface area contributed by atoms with Crippen molar-refractivity contribution in [3.63, 3.8) is 0 Å². The van der Waals surface area contributed by atoms with Crippen LogP contribution < -0.4 is 11.2 Å². The molecule has 5 rings (SSSR count). The van der Waals surface area contributed by atoms with Gasteiger partial charge in [0.1, 0.15) is 5.82 Å². The molecular formula is C27H37N5O2. The standard InChI is InChI=1S/C27H37N5O2/c1-2-15-31-26(33)23-25(30(27(31)34)19-10-18-29-16-8-9-17-29)28-24(22-13-6-7-14-22)32(23)20-21-11-4-3-5-12-21/h3-5,11-12,22H,2,6-10,13-20H2,1H3. The molecule has 0 bridgehead atoms. The summed E-state index contributed by atoms with van der Waals surface area (Å²) in [5.41, 5.74) is 1.93. The number of benzene rings is 1. The zero-order valence-electron chi connectivity index (χ0n) is 20.4. The zero-order chi connectivity index (χ0) is 23.5. The summed E-state index contributed by atoms with van der Waals surface area (Å²) < 4.78 is 5.37. The summed E-state index contributed by atoms with van der Waals surface area (Å²) in [6.45, 7) is 6.95. The Balaban J connectivity index is 1.63. The number of rotatable bonds is 9. The average Bonchev–Trinajstić information content (AvgIpc) is 3.61. The number of aryl methyl sites for hydroxylation is 1. The van der Waals surface area contributed by atoms with Crippen LogP contribution in [0, 0.1) is 0 Å². The number of aromatic nitrogens is 4. The molecule has 34 heavy (non-hydrogen) atoms. The number of imidazole rings is 1. The SMILES string of the molecule is CCCn1c(=O)c2c(nc(C3CCCC3)n2Cc2ccccc2)n(CCCN2CCCC2)c1=O. The fourth-order valence-corrected chi connectivity index (χ4v) is 5.81. The summed E-state index contributed by atoms with van der Waals surface area (Å²) in [6, 6.07) is 10.3. The van der Waals surface area contributed by atoms with Gasteiger partial charge in [-0.3, -0.25) is 13.9 Å². The van der Waals surface area contributed by atoms with Gasteiger partial charge in [0, 0.05) is 25.6 Å². The molecule has 2 fully saturated rings. The molecule has 1 aliphatic heterocycles. The maximum Gasteiger partial charge on any atom is 0.332 e. The maximum atomic E-state index is 13.7. The van der Waals surface area contributed by atoms with E-state index < -0.39 is 0 Å². The summed E-state index contributed by atoms with van der Waals surface area (Å²) in [5, 5.41) is 0. The first-order chi connectivity index (χ1) is 16.7. The van der Waals surface area contributed by atoms with Crippen molar-refractivity contribution in [2.45, 2.75) is 83.8 Å². The van der Waals surface area contributed by atoms with Gasteiger partial charge >= 0.3 is 5.69 Å². The van der Waals surface area contributed by atoms with Gasteiger partial charge in [-0.25, -0.2) is 9.78 Å². The second-order valence-corrected chi connectivity index (χ2v) is 9.99. The van der Waals surface area contributed by atoms with Crippen molar-refractivity contribution in [3.8, 4) is 0 Å². The molecule has 0 spiro atoms. The molecule has 1 aliphatic carbocycles. The Morgan fingerprint density at radius 3 is 2.32 bits per heavy atom. The molecular weight excluding hydrogens is 426 g/mol. The first kappa shape index (κ1) is 23.1. The normalized spacial score (nSPS) is 17.3. The van der Waals surface area contributed by atoms with E-state index >= 15 is 0 Å². The molecule has 0 amide bonds. The highest BCUT2D eigenvalue weighted by molar-refractivity contribution is 5.71. The molecule has 0 radical (unpaired) electrons. The van der Waals surface area contributed by atoms with Crippen LogP contribution in [0.3, 0.4) is 0 Å². The lowest BCUT2D eigenvalue weighted by molar-refractivity contribution is 0.324. The van der Waals surface area contributed by atoms with Crippen LogP contribution in [0.2, 0.25) is 0 Å². The lowest BCUT2D eigenvalue weighted by Gasteiger charge is -2.16. The molecule has 2 aromatic heterocycles. The molecule has 7 nitrogen and oxygen atoms in total. The van der Waals surface area contributed by atoms with Crippen LogP contribution >= 0.6 is 0 Å². The highest BCUT2D eigenvalue weighted by Gasteiger charge is 2.28. The minimum absolute atomic E-state index is 0.190. The fraction of sp³-hybridized carbons (Fsp3) is 0.593. The van der Waals surface area contributed by atoms with E-state index in [2.05, 4.69) is 21.6 Å². The quantitative estimate of drug-likeness (QED) is 0.482. The summed E-state index contributed by atoms with van der Waals surface area (Å²) in [5.74, 6) is 1.33. The average molecular weight is 464 g/mol. The van der Waals surface area contributed by atoms with Gasteiger partial charge < -0.3 is 9.47 Å². The second-order valence-electron chi connectivity index (χ2n) is 9.99. The molecule has 1 aromatic carbocycles. The summed E-state index contributed by atoms with van der Waals surface area (Å²) in [6.07, 6.45) is 8.76. The van der Waals surface area contributed by atoms with E-state index in [9.17, 15) is 9.59 Å². The first-order valence-corrected chi connectivity index (χ1v) is 13.2. The van der Waals surface area contributed by atoms with E-state index in [1.807, 2.05) is 25.1 Å². The lowest BCUT2D eigenvalue weighted by atomic mass is 10.1. The Hall–Kier alpha value is -2.67. The van der Waals surface area contributed by atoms with E-state index in [1.165, 1.54) is 30.3 Å². The number of hydrogen-bond acceptors (Lipinski definition) is 4. The molecule has 2 aliphatic rings. The van der Waals surface area contributed by atoms with E-state index in [-0.39, 0.29) is 11.2 Å². The Labute approximate surface area is 201 Å². The smallest absolute Gasteiger partial charge is 0.317 e. The van der Waals surface area contributed by atoms with Gasteiger partial charge in [-0.1, -0.05) is 50.1 Å². The summed E-state index contributed by atoms with van der Waals surface area (Å²) in [7, 11) is 0. The van der Waals surface area contributed by atoms with Crippen molar-refractivity contribution in [3.05, 3.63) is 62.6 Å². The predicted octanol–water partition coefficient (Wildman–Crippen LogP) is 3.96. The van der Waals surface area contributed by atoms with Gasteiger partial charge in [0.2, 0.25) is 0 Å². The Bertz CT molecular complexity index is 1230. The fourth-order valence-electron chi connectivity index (χ4n) is 5.81. The van der Waals surface area contributed by atoms with Gasteiger partial charge in [-0.15, -0.1) is 0 Å². The van der Waals surface area contributed by atoms with Crippen molar-refractivity contribution in [1.29, 1.82) is 0 Å². The van der Waals surface area contributed by atoms with Crippen molar-refractivity contribution < 1.29 is 0 Å². The van der Waals surface area contributed by atoms with Gasteiger partial charge in [0.05, 0.1) is 0 Å². The van der Waals surface area contributed by atoms with Crippen LogP contribution in [0.5, 0.6) is 0 Å².